The molecule has 11 unspecified atom stereocenters. The van der Waals surface area contributed by atoms with Crippen molar-refractivity contribution in [1.82, 2.24) is 0 Å². The lowest BCUT2D eigenvalue weighted by molar-refractivity contribution is -0.332. The number of aliphatic hydroxyl groups is 7. The van der Waals surface area contributed by atoms with E-state index in [2.05, 4.69) is 38.2 Å². The molecule has 14 nitrogen and oxygen atoms in total. The van der Waals surface area contributed by atoms with Crippen LogP contribution in [-0.2, 0) is 33.2 Å². The van der Waals surface area contributed by atoms with Gasteiger partial charge in [0, 0.05) is 13.0 Å². The third kappa shape index (κ3) is 36.8. The maximum Gasteiger partial charge on any atom is 0.306 e. The Bertz CT molecular complexity index is 1380. The second-order valence-electron chi connectivity index (χ2n) is 22.9. The number of unbranched alkanes of at least 4 members (excludes halogenated alkanes) is 36. The van der Waals surface area contributed by atoms with Gasteiger partial charge in [-0.15, -0.1) is 0 Å². The van der Waals surface area contributed by atoms with Crippen LogP contribution < -0.4 is 0 Å². The van der Waals surface area contributed by atoms with E-state index >= 15 is 0 Å². The largest absolute Gasteiger partial charge is 0.457 e. The minimum Gasteiger partial charge on any atom is -0.457 e. The Labute approximate surface area is 475 Å². The summed E-state index contributed by atoms with van der Waals surface area (Å²) in [4.78, 5) is 13.1. The van der Waals surface area contributed by atoms with E-state index in [-0.39, 0.29) is 25.6 Å². The van der Waals surface area contributed by atoms with Crippen molar-refractivity contribution in [3.05, 3.63) is 24.3 Å². The summed E-state index contributed by atoms with van der Waals surface area (Å²) in [6, 6.07) is 0. The van der Waals surface area contributed by atoms with Crippen molar-refractivity contribution in [2.24, 2.45) is 0 Å². The van der Waals surface area contributed by atoms with E-state index in [1.54, 1.807) is 0 Å². The van der Waals surface area contributed by atoms with E-state index in [1.807, 2.05) is 0 Å². The topological polar surface area (TPSA) is 214 Å². The lowest BCUT2D eigenvalue weighted by atomic mass is 9.98. The molecule has 0 saturated carbocycles. The van der Waals surface area contributed by atoms with Gasteiger partial charge in [0.25, 0.3) is 0 Å². The minimum absolute atomic E-state index is 0.0643. The summed E-state index contributed by atoms with van der Waals surface area (Å²) in [5, 5.41) is 72.5. The molecule has 0 aliphatic carbocycles. The Morgan fingerprint density at radius 3 is 1.23 bits per heavy atom. The van der Waals surface area contributed by atoms with Crippen LogP contribution in [0.2, 0.25) is 0 Å². The third-order valence-corrected chi connectivity index (χ3v) is 15.7. The Balaban J connectivity index is 1.67. The van der Waals surface area contributed by atoms with Gasteiger partial charge in [0.1, 0.15) is 54.9 Å². The summed E-state index contributed by atoms with van der Waals surface area (Å²) < 4.78 is 34.5. The van der Waals surface area contributed by atoms with Crippen LogP contribution in [0.5, 0.6) is 0 Å². The zero-order valence-electron chi connectivity index (χ0n) is 49.7. The molecule has 7 N–H and O–H groups in total. The average Bonchev–Trinajstić information content (AvgIpc) is 3.45. The van der Waals surface area contributed by atoms with Crippen LogP contribution in [0, 0.1) is 0 Å². The number of carbonyl (C=O) groups is 1. The van der Waals surface area contributed by atoms with E-state index < -0.39 is 80.7 Å². The summed E-state index contributed by atoms with van der Waals surface area (Å²) in [5.74, 6) is -0.370. The maximum atomic E-state index is 13.1. The number of rotatable bonds is 54. The number of ether oxygens (including phenoxy) is 6. The predicted octanol–water partition coefficient (Wildman–Crippen LogP) is 12.7. The van der Waals surface area contributed by atoms with Gasteiger partial charge in [-0.25, -0.2) is 0 Å². The van der Waals surface area contributed by atoms with E-state index in [4.69, 9.17) is 28.4 Å². The first-order chi connectivity index (χ1) is 38.1. The van der Waals surface area contributed by atoms with Crippen molar-refractivity contribution in [3.8, 4) is 0 Å². The normalized spacial score (nSPS) is 24.2. The molecule has 2 rings (SSSR count). The van der Waals surface area contributed by atoms with Crippen LogP contribution in [0.1, 0.15) is 277 Å². The highest BCUT2D eigenvalue weighted by molar-refractivity contribution is 5.69. The predicted molar refractivity (Wildman–Crippen MR) is 312 cm³/mol. The second-order valence-corrected chi connectivity index (χ2v) is 22.9. The summed E-state index contributed by atoms with van der Waals surface area (Å²) in [6.45, 7) is 3.74. The SMILES string of the molecule is CCCCCCC/C=C\C/C=C\CCCCCCCCCCCCOCC(COC1OC(COC2OC(CO)C(O)C(O)C2O)C(O)C(O)C1O)OC(=O)CCCCCCCCCCCCCCCCCCCCCCCC. The van der Waals surface area contributed by atoms with Gasteiger partial charge in [-0.05, 0) is 44.9 Å². The van der Waals surface area contributed by atoms with Gasteiger partial charge in [-0.1, -0.05) is 250 Å². The molecule has 0 aromatic heterocycles. The van der Waals surface area contributed by atoms with Gasteiger partial charge in [-0.2, -0.15) is 0 Å². The van der Waals surface area contributed by atoms with Crippen molar-refractivity contribution in [2.75, 3.05) is 33.0 Å². The van der Waals surface area contributed by atoms with Crippen LogP contribution in [0.3, 0.4) is 0 Å². The van der Waals surface area contributed by atoms with Gasteiger partial charge in [0.2, 0.25) is 0 Å². The second kappa shape index (κ2) is 51.1. The molecule has 2 fully saturated rings. The average molecular weight is 1110 g/mol. The number of esters is 1. The molecular formula is C64H120O14. The molecular weight excluding hydrogens is 993 g/mol. The van der Waals surface area contributed by atoms with Gasteiger partial charge < -0.3 is 64.2 Å². The molecule has 0 aromatic carbocycles. The first kappa shape index (κ1) is 72.6. The quantitative estimate of drug-likeness (QED) is 0.0172. The number of allylic oxidation sites excluding steroid dienone is 4. The van der Waals surface area contributed by atoms with E-state index in [1.165, 1.54) is 205 Å². The molecule has 11 atom stereocenters. The first-order valence-electron chi connectivity index (χ1n) is 32.4. The van der Waals surface area contributed by atoms with Crippen LogP contribution in [0.4, 0.5) is 0 Å². The number of carbonyl (C=O) groups excluding carboxylic acids is 1. The zero-order valence-corrected chi connectivity index (χ0v) is 49.7. The third-order valence-electron chi connectivity index (χ3n) is 15.7. The number of aliphatic hydroxyl groups excluding tert-OH is 7. The van der Waals surface area contributed by atoms with Crippen LogP contribution >= 0.6 is 0 Å². The van der Waals surface area contributed by atoms with Gasteiger partial charge >= 0.3 is 5.97 Å². The monoisotopic (exact) mass is 1110 g/mol. The molecule has 0 amide bonds. The van der Waals surface area contributed by atoms with Crippen LogP contribution in [0.15, 0.2) is 24.3 Å². The molecule has 0 spiro atoms. The van der Waals surface area contributed by atoms with Crippen LogP contribution in [-0.4, -0.2) is 142 Å². The number of hydrogen-bond acceptors (Lipinski definition) is 14. The Morgan fingerprint density at radius 2 is 0.795 bits per heavy atom. The number of hydrogen-bond donors (Lipinski definition) is 7. The van der Waals surface area contributed by atoms with Gasteiger partial charge in [0.15, 0.2) is 12.6 Å². The van der Waals surface area contributed by atoms with Crippen molar-refractivity contribution in [3.63, 3.8) is 0 Å². The minimum atomic E-state index is -1.71. The van der Waals surface area contributed by atoms with E-state index in [9.17, 15) is 40.5 Å². The molecule has 2 aliphatic heterocycles. The Morgan fingerprint density at radius 1 is 0.423 bits per heavy atom. The molecule has 2 aliphatic rings. The highest BCUT2D eigenvalue weighted by Gasteiger charge is 2.47. The lowest BCUT2D eigenvalue weighted by Gasteiger charge is -2.42. The van der Waals surface area contributed by atoms with E-state index in [0.29, 0.717) is 13.0 Å². The molecule has 14 heteroatoms. The van der Waals surface area contributed by atoms with Gasteiger partial charge in [0.05, 0.1) is 26.4 Å². The molecule has 460 valence electrons. The first-order valence-corrected chi connectivity index (χ1v) is 32.4. The lowest BCUT2D eigenvalue weighted by Crippen LogP contribution is -2.61. The fraction of sp³-hybridized carbons (Fsp3) is 0.922. The summed E-state index contributed by atoms with van der Waals surface area (Å²) in [5.41, 5.74) is 0. The van der Waals surface area contributed by atoms with Crippen molar-refractivity contribution < 1.29 is 69.0 Å². The molecule has 0 radical (unpaired) electrons. The fourth-order valence-electron chi connectivity index (χ4n) is 10.5. The summed E-state index contributed by atoms with van der Waals surface area (Å²) >= 11 is 0. The van der Waals surface area contributed by atoms with Crippen molar-refractivity contribution in [2.45, 2.75) is 345 Å². The smallest absolute Gasteiger partial charge is 0.306 e. The highest BCUT2D eigenvalue weighted by Crippen LogP contribution is 2.27. The van der Waals surface area contributed by atoms with Crippen LogP contribution in [0.25, 0.3) is 0 Å². The van der Waals surface area contributed by atoms with Gasteiger partial charge in [-0.3, -0.25) is 4.79 Å². The standard InChI is InChI=1S/C64H120O14/c1-3-5-7-9-11-13-15-17-19-21-23-25-27-29-31-33-35-37-39-41-43-45-47-56(66)76-53(50-73-48-46-44-42-40-38-36-34-32-30-28-26-24-22-20-18-16-14-12-10-8-6-4-2)51-74-63-62(72)60(70)58(68)55(78-63)52-75-64-61(71)59(69)57(67)54(49-65)77-64/h16,18,22,24,53-55,57-65,67-72H,3-15,17,19-21,23,25-52H2,1-2H3/b18-16-,24-22-. The zero-order chi connectivity index (χ0) is 56.5. The molecule has 0 aromatic rings. The molecule has 2 saturated heterocycles. The highest BCUT2D eigenvalue weighted by atomic mass is 16.7. The summed E-state index contributed by atoms with van der Waals surface area (Å²) in [6.07, 6.45) is 43.8. The molecule has 0 bridgehead atoms. The Kier molecular flexibility index (Phi) is 47.6. The summed E-state index contributed by atoms with van der Waals surface area (Å²) in [7, 11) is 0. The van der Waals surface area contributed by atoms with Crippen molar-refractivity contribution >= 4 is 5.97 Å². The Hall–Kier alpha value is -1.53. The maximum absolute atomic E-state index is 13.1. The fourth-order valence-corrected chi connectivity index (χ4v) is 10.5. The molecule has 78 heavy (non-hydrogen) atoms. The van der Waals surface area contributed by atoms with Crippen molar-refractivity contribution in [1.29, 1.82) is 0 Å². The van der Waals surface area contributed by atoms with E-state index in [0.717, 1.165) is 44.9 Å². The molecule has 2 heterocycles.